The van der Waals surface area contributed by atoms with Gasteiger partial charge in [-0.1, -0.05) is 0 Å². The van der Waals surface area contributed by atoms with Gasteiger partial charge in [0, 0.05) is 0 Å². The molecule has 0 saturated heterocycles. The van der Waals surface area contributed by atoms with E-state index in [-0.39, 0.29) is 0 Å². The molecular formula is C23H27P. The summed E-state index contributed by atoms with van der Waals surface area (Å²) in [5, 5.41) is 4.66. The molecule has 0 aromatic heterocycles. The van der Waals surface area contributed by atoms with Gasteiger partial charge in [-0.25, -0.2) is 0 Å². The molecule has 1 heteroatoms. The summed E-state index contributed by atoms with van der Waals surface area (Å²) in [6.45, 7) is 9.17. The molecule has 124 valence electrons. The van der Waals surface area contributed by atoms with Crippen LogP contribution in [0.2, 0.25) is 0 Å². The molecule has 0 nitrogen and oxygen atoms in total. The number of hydrogen-bond donors (Lipinski definition) is 0. The summed E-state index contributed by atoms with van der Waals surface area (Å²) in [5.41, 5.74) is 4.24. The Balaban J connectivity index is 2.43. The first kappa shape index (κ1) is 16.9. The van der Waals surface area contributed by atoms with Crippen molar-refractivity contribution in [2.24, 2.45) is 0 Å². The Morgan fingerprint density at radius 1 is 0.542 bits per heavy atom. The van der Waals surface area contributed by atoms with Crippen molar-refractivity contribution in [3.8, 4) is 0 Å². The first-order valence-electron chi connectivity index (χ1n) is 8.79. The normalized spacial score (nSPS) is 12.2. The second-order valence-electron chi connectivity index (χ2n) is 6.70. The maximum absolute atomic E-state index is 2.37. The molecule has 0 fully saturated rings. The van der Waals surface area contributed by atoms with E-state index in [1.807, 2.05) is 0 Å². The van der Waals surface area contributed by atoms with Gasteiger partial charge in [-0.3, -0.25) is 0 Å². The van der Waals surface area contributed by atoms with Gasteiger partial charge in [-0.2, -0.15) is 0 Å². The van der Waals surface area contributed by atoms with E-state index in [0.29, 0.717) is 0 Å². The van der Waals surface area contributed by atoms with Crippen LogP contribution in [0.5, 0.6) is 0 Å². The molecule has 0 radical (unpaired) electrons. The van der Waals surface area contributed by atoms with Crippen molar-refractivity contribution in [3.63, 3.8) is 0 Å². The minimum absolute atomic E-state index is 1.17. The van der Waals surface area contributed by atoms with Crippen molar-refractivity contribution in [1.29, 1.82) is 0 Å². The zero-order valence-electron chi connectivity index (χ0n) is 15.1. The predicted octanol–water partition coefficient (Wildman–Crippen LogP) is 4.66. The second-order valence-corrected chi connectivity index (χ2v) is 10.8. The number of benzene rings is 3. The Kier molecular flexibility index (Phi) is 4.88. The molecule has 0 N–H and O–H groups in total. The molecule has 0 heterocycles. The van der Waals surface area contributed by atoms with Crippen molar-refractivity contribution in [3.05, 3.63) is 89.5 Å². The Labute approximate surface area is 146 Å². The van der Waals surface area contributed by atoms with Crippen LogP contribution in [0.15, 0.2) is 72.8 Å². The first-order valence-corrected chi connectivity index (χ1v) is 11.0. The fourth-order valence-corrected chi connectivity index (χ4v) is 9.59. The van der Waals surface area contributed by atoms with Crippen molar-refractivity contribution in [1.82, 2.24) is 0 Å². The van der Waals surface area contributed by atoms with Gasteiger partial charge in [0.1, 0.15) is 0 Å². The van der Waals surface area contributed by atoms with Gasteiger partial charge in [-0.15, -0.1) is 0 Å². The van der Waals surface area contributed by atoms with Crippen LogP contribution in [-0.2, 0) is 0 Å². The Hall–Kier alpha value is -1.91. The zero-order valence-corrected chi connectivity index (χ0v) is 16.1. The SMILES string of the molecule is CC[PH](c1ccccc1C)(c1ccccc1C)c1ccccc1C. The molecule has 0 amide bonds. The van der Waals surface area contributed by atoms with Crippen molar-refractivity contribution < 1.29 is 0 Å². The molecule has 0 aliphatic carbocycles. The molecule has 3 rings (SSSR count). The maximum atomic E-state index is 2.37. The van der Waals surface area contributed by atoms with Crippen LogP contribution in [0.4, 0.5) is 0 Å². The summed E-state index contributed by atoms with van der Waals surface area (Å²) in [7, 11) is -2.03. The van der Waals surface area contributed by atoms with Gasteiger partial charge >= 0.3 is 147 Å². The third-order valence-electron chi connectivity index (χ3n) is 5.34. The zero-order chi connectivity index (χ0) is 17.2. The molecule has 0 spiro atoms. The number of hydrogen-bond acceptors (Lipinski definition) is 0. The molecule has 0 aliphatic rings. The quantitative estimate of drug-likeness (QED) is 0.609. The van der Waals surface area contributed by atoms with Crippen LogP contribution in [0.1, 0.15) is 23.6 Å². The fraction of sp³-hybridized carbons (Fsp3) is 0.217. The number of rotatable bonds is 4. The molecule has 0 bridgehead atoms. The van der Waals surface area contributed by atoms with E-state index in [9.17, 15) is 0 Å². The first-order chi connectivity index (χ1) is 11.6. The van der Waals surface area contributed by atoms with E-state index in [0.717, 1.165) is 0 Å². The monoisotopic (exact) mass is 334 g/mol. The standard InChI is InChI=1S/C23H27P/c1-5-24(21-15-9-6-12-18(21)2,22-16-10-7-13-19(22)3)23-17-11-8-14-20(23)4/h6-17,24H,5H2,1-4H3. The second kappa shape index (κ2) is 6.91. The molecule has 3 aromatic carbocycles. The van der Waals surface area contributed by atoms with E-state index >= 15 is 0 Å². The topological polar surface area (TPSA) is 0 Å². The molecule has 3 aromatic rings. The Bertz CT molecular complexity index is 737. The van der Waals surface area contributed by atoms with Crippen LogP contribution < -0.4 is 15.9 Å². The molecule has 0 unspecified atom stereocenters. The van der Waals surface area contributed by atoms with E-state index in [1.54, 1.807) is 15.9 Å². The van der Waals surface area contributed by atoms with E-state index in [4.69, 9.17) is 0 Å². The summed E-state index contributed by atoms with van der Waals surface area (Å²) < 4.78 is 0. The predicted molar refractivity (Wildman–Crippen MR) is 111 cm³/mol. The van der Waals surface area contributed by atoms with Crippen molar-refractivity contribution >= 4 is 23.2 Å². The van der Waals surface area contributed by atoms with Gasteiger partial charge in [0.2, 0.25) is 0 Å². The fourth-order valence-electron chi connectivity index (χ4n) is 4.16. The van der Waals surface area contributed by atoms with Crippen LogP contribution in [-0.4, -0.2) is 6.16 Å². The van der Waals surface area contributed by atoms with E-state index in [1.165, 1.54) is 22.9 Å². The van der Waals surface area contributed by atoms with Crippen LogP contribution in [0.3, 0.4) is 0 Å². The molecule has 0 aliphatic heterocycles. The molecule has 0 saturated carbocycles. The van der Waals surface area contributed by atoms with E-state index in [2.05, 4.69) is 100 Å². The van der Waals surface area contributed by atoms with Crippen LogP contribution >= 0.6 is 7.26 Å². The Morgan fingerprint density at radius 2 is 0.833 bits per heavy atom. The van der Waals surface area contributed by atoms with Crippen molar-refractivity contribution in [2.75, 3.05) is 6.16 Å². The third kappa shape index (κ3) is 2.70. The summed E-state index contributed by atoms with van der Waals surface area (Å²) in [4.78, 5) is 0. The van der Waals surface area contributed by atoms with E-state index < -0.39 is 7.26 Å². The van der Waals surface area contributed by atoms with Crippen LogP contribution in [0.25, 0.3) is 0 Å². The summed E-state index contributed by atoms with van der Waals surface area (Å²) >= 11 is 0. The average molecular weight is 334 g/mol. The average Bonchev–Trinajstić information content (AvgIpc) is 2.60. The summed E-state index contributed by atoms with van der Waals surface area (Å²) in [6, 6.07) is 27.0. The van der Waals surface area contributed by atoms with Crippen molar-refractivity contribution in [2.45, 2.75) is 27.7 Å². The molecule has 24 heavy (non-hydrogen) atoms. The van der Waals surface area contributed by atoms with Gasteiger partial charge in [0.25, 0.3) is 0 Å². The number of aryl methyl sites for hydroxylation is 3. The van der Waals surface area contributed by atoms with Gasteiger partial charge < -0.3 is 0 Å². The molecular weight excluding hydrogens is 307 g/mol. The van der Waals surface area contributed by atoms with Gasteiger partial charge in [0.05, 0.1) is 0 Å². The van der Waals surface area contributed by atoms with Gasteiger partial charge in [0.15, 0.2) is 0 Å². The van der Waals surface area contributed by atoms with Crippen LogP contribution in [0, 0.1) is 20.8 Å². The molecule has 0 atom stereocenters. The Morgan fingerprint density at radius 3 is 1.08 bits per heavy atom. The minimum atomic E-state index is -2.03. The van der Waals surface area contributed by atoms with Gasteiger partial charge in [-0.05, 0) is 0 Å². The summed E-state index contributed by atoms with van der Waals surface area (Å²) in [6.07, 6.45) is 1.17. The third-order valence-corrected chi connectivity index (χ3v) is 10.8. The summed E-state index contributed by atoms with van der Waals surface area (Å²) in [5.74, 6) is 0.